The Morgan fingerprint density at radius 2 is 2.19 bits per heavy atom. The van der Waals surface area contributed by atoms with Crippen LogP contribution in [0.2, 0.25) is 0 Å². The van der Waals surface area contributed by atoms with Crippen molar-refractivity contribution in [2.24, 2.45) is 10.9 Å². The van der Waals surface area contributed by atoms with E-state index in [0.29, 0.717) is 0 Å². The molecule has 0 amide bonds. The normalized spacial score (nSPS) is 19.0. The molecule has 1 heterocycles. The Hall–Kier alpha value is -1.55. The van der Waals surface area contributed by atoms with E-state index in [0.717, 1.165) is 51.1 Å². The van der Waals surface area contributed by atoms with Crippen LogP contribution in [0, 0.1) is 5.92 Å². The Morgan fingerprint density at radius 3 is 2.90 bits per heavy atom. The molecule has 0 spiro atoms. The summed E-state index contributed by atoms with van der Waals surface area (Å²) >= 11 is 0. The van der Waals surface area contributed by atoms with E-state index in [1.807, 2.05) is 14.0 Å². The van der Waals surface area contributed by atoms with Gasteiger partial charge in [-0.25, -0.2) is 0 Å². The average molecular weight is 289 g/mol. The van der Waals surface area contributed by atoms with Crippen molar-refractivity contribution in [3.05, 3.63) is 35.9 Å². The van der Waals surface area contributed by atoms with Gasteiger partial charge in [-0.1, -0.05) is 30.3 Å². The zero-order valence-electron chi connectivity index (χ0n) is 13.2. The van der Waals surface area contributed by atoms with E-state index in [9.17, 15) is 0 Å². The highest BCUT2D eigenvalue weighted by molar-refractivity contribution is 5.80. The van der Waals surface area contributed by atoms with E-state index in [1.165, 1.54) is 12.0 Å². The van der Waals surface area contributed by atoms with Crippen molar-refractivity contribution in [3.8, 4) is 0 Å². The smallest absolute Gasteiger partial charge is 0.193 e. The second-order valence-electron chi connectivity index (χ2n) is 5.46. The molecule has 1 aliphatic heterocycles. The fourth-order valence-electron chi connectivity index (χ4n) is 2.85. The SMILES string of the molecule is CCOCCNC(=NC)N1CCC(Cc2ccccc2)C1. The van der Waals surface area contributed by atoms with Crippen LogP contribution in [0.25, 0.3) is 0 Å². The van der Waals surface area contributed by atoms with Gasteiger partial charge in [-0.2, -0.15) is 0 Å². The summed E-state index contributed by atoms with van der Waals surface area (Å²) in [6.45, 7) is 6.51. The summed E-state index contributed by atoms with van der Waals surface area (Å²) in [7, 11) is 1.85. The monoisotopic (exact) mass is 289 g/mol. The third-order valence-corrected chi connectivity index (χ3v) is 3.90. The molecule has 4 nitrogen and oxygen atoms in total. The van der Waals surface area contributed by atoms with Crippen LogP contribution in [0.5, 0.6) is 0 Å². The molecule has 0 aromatic heterocycles. The van der Waals surface area contributed by atoms with Crippen LogP contribution in [0.15, 0.2) is 35.3 Å². The maximum absolute atomic E-state index is 5.36. The third-order valence-electron chi connectivity index (χ3n) is 3.90. The molecule has 0 radical (unpaired) electrons. The lowest BCUT2D eigenvalue weighted by molar-refractivity contribution is 0.152. The minimum atomic E-state index is 0.720. The van der Waals surface area contributed by atoms with E-state index in [4.69, 9.17) is 4.74 Å². The van der Waals surface area contributed by atoms with Gasteiger partial charge in [0.2, 0.25) is 0 Å². The van der Waals surface area contributed by atoms with Crippen molar-refractivity contribution >= 4 is 5.96 Å². The predicted octanol–water partition coefficient (Wildman–Crippen LogP) is 2.16. The molecule has 1 aromatic rings. The first kappa shape index (κ1) is 15.8. The lowest BCUT2D eigenvalue weighted by Gasteiger charge is -2.21. The lowest BCUT2D eigenvalue weighted by Crippen LogP contribution is -2.41. The quantitative estimate of drug-likeness (QED) is 0.495. The first-order chi connectivity index (χ1) is 10.3. The highest BCUT2D eigenvalue weighted by Gasteiger charge is 2.24. The molecular formula is C17H27N3O. The van der Waals surface area contributed by atoms with Gasteiger partial charge in [-0.3, -0.25) is 4.99 Å². The summed E-state index contributed by atoms with van der Waals surface area (Å²) in [5.41, 5.74) is 1.43. The van der Waals surface area contributed by atoms with Crippen molar-refractivity contribution in [2.75, 3.05) is 39.9 Å². The van der Waals surface area contributed by atoms with E-state index in [1.54, 1.807) is 0 Å². The standard InChI is InChI=1S/C17H27N3O/c1-3-21-12-10-19-17(18-2)20-11-9-16(14-20)13-15-7-5-4-6-8-15/h4-8,16H,3,9-14H2,1-2H3,(H,18,19). The maximum Gasteiger partial charge on any atom is 0.193 e. The minimum Gasteiger partial charge on any atom is -0.380 e. The van der Waals surface area contributed by atoms with Gasteiger partial charge in [0.1, 0.15) is 0 Å². The van der Waals surface area contributed by atoms with Gasteiger partial charge in [-0.05, 0) is 31.2 Å². The van der Waals surface area contributed by atoms with Crippen LogP contribution in [-0.4, -0.2) is 50.8 Å². The highest BCUT2D eigenvalue weighted by atomic mass is 16.5. The van der Waals surface area contributed by atoms with Gasteiger partial charge in [0.15, 0.2) is 5.96 Å². The molecule has 0 aliphatic carbocycles. The first-order valence-electron chi connectivity index (χ1n) is 7.90. The topological polar surface area (TPSA) is 36.9 Å². The van der Waals surface area contributed by atoms with Gasteiger partial charge in [0.05, 0.1) is 6.61 Å². The molecule has 21 heavy (non-hydrogen) atoms. The zero-order chi connectivity index (χ0) is 14.9. The highest BCUT2D eigenvalue weighted by Crippen LogP contribution is 2.20. The number of nitrogens with one attached hydrogen (secondary N) is 1. The lowest BCUT2D eigenvalue weighted by atomic mass is 9.99. The number of guanidine groups is 1. The average Bonchev–Trinajstić information content (AvgIpc) is 2.97. The van der Waals surface area contributed by atoms with Crippen molar-refractivity contribution in [2.45, 2.75) is 19.8 Å². The molecule has 1 N–H and O–H groups in total. The molecule has 116 valence electrons. The summed E-state index contributed by atoms with van der Waals surface area (Å²) in [5.74, 6) is 1.73. The van der Waals surface area contributed by atoms with Crippen molar-refractivity contribution in [3.63, 3.8) is 0 Å². The molecule has 2 rings (SSSR count). The maximum atomic E-state index is 5.36. The Balaban J connectivity index is 1.77. The Bertz CT molecular complexity index is 433. The number of benzene rings is 1. The van der Waals surface area contributed by atoms with Crippen molar-refractivity contribution in [1.82, 2.24) is 10.2 Å². The van der Waals surface area contributed by atoms with Crippen LogP contribution in [-0.2, 0) is 11.2 Å². The number of aliphatic imine (C=N–C) groups is 1. The van der Waals surface area contributed by atoms with E-state index >= 15 is 0 Å². The molecule has 1 aromatic carbocycles. The zero-order valence-corrected chi connectivity index (χ0v) is 13.2. The summed E-state index contributed by atoms with van der Waals surface area (Å²) in [6.07, 6.45) is 2.40. The molecule has 0 saturated carbocycles. The minimum absolute atomic E-state index is 0.720. The Morgan fingerprint density at radius 1 is 1.38 bits per heavy atom. The van der Waals surface area contributed by atoms with E-state index in [-0.39, 0.29) is 0 Å². The summed E-state index contributed by atoms with van der Waals surface area (Å²) in [4.78, 5) is 6.75. The fourth-order valence-corrected chi connectivity index (χ4v) is 2.85. The van der Waals surface area contributed by atoms with Crippen molar-refractivity contribution in [1.29, 1.82) is 0 Å². The molecule has 1 fully saturated rings. The molecule has 4 heteroatoms. The fraction of sp³-hybridized carbons (Fsp3) is 0.588. The molecule has 1 unspecified atom stereocenters. The number of hydrogen-bond donors (Lipinski definition) is 1. The van der Waals surface area contributed by atoms with Gasteiger partial charge in [0, 0.05) is 33.3 Å². The van der Waals surface area contributed by atoms with Gasteiger partial charge in [0.25, 0.3) is 0 Å². The predicted molar refractivity (Wildman–Crippen MR) is 87.7 cm³/mol. The summed E-state index contributed by atoms with van der Waals surface area (Å²) < 4.78 is 5.36. The molecule has 1 aliphatic rings. The molecule has 1 atom stereocenters. The van der Waals surface area contributed by atoms with Gasteiger partial charge in [-0.15, -0.1) is 0 Å². The van der Waals surface area contributed by atoms with Crippen LogP contribution in [0.3, 0.4) is 0 Å². The summed E-state index contributed by atoms with van der Waals surface area (Å²) in [5, 5.41) is 3.38. The number of ether oxygens (including phenoxy) is 1. The summed E-state index contributed by atoms with van der Waals surface area (Å²) in [6, 6.07) is 10.8. The molecule has 0 bridgehead atoms. The third kappa shape index (κ3) is 5.05. The van der Waals surface area contributed by atoms with Gasteiger partial charge >= 0.3 is 0 Å². The van der Waals surface area contributed by atoms with Crippen LogP contribution in [0.1, 0.15) is 18.9 Å². The largest absolute Gasteiger partial charge is 0.380 e. The van der Waals surface area contributed by atoms with Crippen molar-refractivity contribution < 1.29 is 4.74 Å². The number of hydrogen-bond acceptors (Lipinski definition) is 2. The second-order valence-corrected chi connectivity index (χ2v) is 5.46. The van der Waals surface area contributed by atoms with Gasteiger partial charge < -0.3 is 15.0 Å². The van der Waals surface area contributed by atoms with E-state index in [2.05, 4.69) is 45.5 Å². The second kappa shape index (κ2) is 8.67. The van der Waals surface area contributed by atoms with Crippen LogP contribution >= 0.6 is 0 Å². The Labute approximate surface area is 128 Å². The number of rotatable bonds is 6. The molecule has 1 saturated heterocycles. The van der Waals surface area contributed by atoms with Crippen LogP contribution in [0.4, 0.5) is 0 Å². The number of likely N-dealkylation sites (tertiary alicyclic amines) is 1. The van der Waals surface area contributed by atoms with Crippen LogP contribution < -0.4 is 5.32 Å². The first-order valence-corrected chi connectivity index (χ1v) is 7.90. The van der Waals surface area contributed by atoms with E-state index < -0.39 is 0 Å². The Kier molecular flexibility index (Phi) is 6.54. The number of nitrogens with zero attached hydrogens (tertiary/aromatic N) is 2. The molecular weight excluding hydrogens is 262 g/mol.